The third kappa shape index (κ3) is 3.42. The summed E-state index contributed by atoms with van der Waals surface area (Å²) in [7, 11) is 0. The molecule has 134 valence electrons. The van der Waals surface area contributed by atoms with Gasteiger partial charge in [-0.1, -0.05) is 17.7 Å². The summed E-state index contributed by atoms with van der Waals surface area (Å²) in [6.07, 6.45) is 5.05. The van der Waals surface area contributed by atoms with Crippen LogP contribution in [0.25, 0.3) is 10.2 Å². The van der Waals surface area contributed by atoms with Crippen LogP contribution >= 0.6 is 11.3 Å². The van der Waals surface area contributed by atoms with Crippen LogP contribution in [0.1, 0.15) is 41.1 Å². The van der Waals surface area contributed by atoms with Gasteiger partial charge >= 0.3 is 0 Å². The average molecular weight is 367 g/mol. The topological polar surface area (TPSA) is 74.8 Å². The zero-order valence-electron chi connectivity index (χ0n) is 14.7. The molecule has 4 rings (SSSR count). The third-order valence-electron chi connectivity index (χ3n) is 4.80. The Balaban J connectivity index is 1.48. The number of nitrogens with one attached hydrogen (secondary N) is 2. The quantitative estimate of drug-likeness (QED) is 0.737. The molecule has 2 heterocycles. The maximum Gasteiger partial charge on any atom is 0.259 e. The Morgan fingerprint density at radius 3 is 2.81 bits per heavy atom. The summed E-state index contributed by atoms with van der Waals surface area (Å²) in [4.78, 5) is 34.3. The number of aryl methyl sites for hydroxylation is 4. The number of aromatic nitrogens is 2. The van der Waals surface area contributed by atoms with Gasteiger partial charge in [0, 0.05) is 23.4 Å². The van der Waals surface area contributed by atoms with E-state index in [1.807, 2.05) is 31.2 Å². The van der Waals surface area contributed by atoms with Crippen LogP contribution in [0.3, 0.4) is 0 Å². The van der Waals surface area contributed by atoms with Crippen molar-refractivity contribution in [2.45, 2.75) is 45.4 Å². The SMILES string of the molecule is Cc1ccc(NC(=O)CCc2nc3sc4c(c3c(=O)[nH]2)CCCC4)cc1. The zero-order valence-corrected chi connectivity index (χ0v) is 15.5. The number of nitrogens with zero attached hydrogens (tertiary/aromatic N) is 1. The first kappa shape index (κ1) is 17.0. The van der Waals surface area contributed by atoms with Gasteiger partial charge < -0.3 is 10.3 Å². The minimum Gasteiger partial charge on any atom is -0.326 e. The van der Waals surface area contributed by atoms with E-state index in [1.165, 1.54) is 16.9 Å². The lowest BCUT2D eigenvalue weighted by Gasteiger charge is -2.09. The van der Waals surface area contributed by atoms with Gasteiger partial charge in [0.2, 0.25) is 5.91 Å². The van der Waals surface area contributed by atoms with E-state index in [4.69, 9.17) is 0 Å². The van der Waals surface area contributed by atoms with Crippen molar-refractivity contribution in [3.63, 3.8) is 0 Å². The number of hydrogen-bond donors (Lipinski definition) is 2. The lowest BCUT2D eigenvalue weighted by atomic mass is 9.97. The molecule has 1 aromatic carbocycles. The van der Waals surface area contributed by atoms with Crippen molar-refractivity contribution >= 4 is 33.1 Å². The molecule has 6 heteroatoms. The van der Waals surface area contributed by atoms with Gasteiger partial charge in [0.05, 0.1) is 5.39 Å². The summed E-state index contributed by atoms with van der Waals surface area (Å²) in [5.41, 5.74) is 3.05. The van der Waals surface area contributed by atoms with Crippen molar-refractivity contribution in [1.29, 1.82) is 0 Å². The van der Waals surface area contributed by atoms with Crippen LogP contribution in [0.2, 0.25) is 0 Å². The first-order valence-corrected chi connectivity index (χ1v) is 9.82. The van der Waals surface area contributed by atoms with Crippen molar-refractivity contribution < 1.29 is 4.79 Å². The van der Waals surface area contributed by atoms with Crippen LogP contribution < -0.4 is 10.9 Å². The van der Waals surface area contributed by atoms with Crippen LogP contribution in [0.15, 0.2) is 29.1 Å². The fourth-order valence-corrected chi connectivity index (χ4v) is 4.70. The highest BCUT2D eigenvalue weighted by Gasteiger charge is 2.19. The maximum atomic E-state index is 12.5. The smallest absolute Gasteiger partial charge is 0.259 e. The second-order valence-electron chi connectivity index (χ2n) is 6.82. The molecule has 0 aliphatic heterocycles. The molecule has 0 fully saturated rings. The van der Waals surface area contributed by atoms with E-state index in [9.17, 15) is 9.59 Å². The Morgan fingerprint density at radius 2 is 2.00 bits per heavy atom. The third-order valence-corrected chi connectivity index (χ3v) is 5.98. The van der Waals surface area contributed by atoms with Crippen LogP contribution in [0, 0.1) is 6.92 Å². The van der Waals surface area contributed by atoms with Gasteiger partial charge in [0.15, 0.2) is 0 Å². The van der Waals surface area contributed by atoms with Crippen LogP contribution in [-0.4, -0.2) is 15.9 Å². The monoisotopic (exact) mass is 367 g/mol. The molecule has 5 nitrogen and oxygen atoms in total. The summed E-state index contributed by atoms with van der Waals surface area (Å²) >= 11 is 1.63. The number of H-pyrrole nitrogens is 1. The lowest BCUT2D eigenvalue weighted by molar-refractivity contribution is -0.116. The van der Waals surface area contributed by atoms with E-state index in [1.54, 1.807) is 11.3 Å². The van der Waals surface area contributed by atoms with E-state index >= 15 is 0 Å². The number of carbonyl (C=O) groups is 1. The van der Waals surface area contributed by atoms with Crippen molar-refractivity contribution in [2.75, 3.05) is 5.32 Å². The summed E-state index contributed by atoms with van der Waals surface area (Å²) in [6.45, 7) is 2.01. The minimum absolute atomic E-state index is 0.0663. The highest BCUT2D eigenvalue weighted by Crippen LogP contribution is 2.33. The first-order chi connectivity index (χ1) is 12.6. The Hall–Kier alpha value is -2.47. The number of benzene rings is 1. The molecule has 0 spiro atoms. The fraction of sp³-hybridized carbons (Fsp3) is 0.350. The number of anilines is 1. The summed E-state index contributed by atoms with van der Waals surface area (Å²) in [6, 6.07) is 7.69. The Kier molecular flexibility index (Phi) is 4.59. The predicted molar refractivity (Wildman–Crippen MR) is 105 cm³/mol. The molecular weight excluding hydrogens is 346 g/mol. The number of rotatable bonds is 4. The highest BCUT2D eigenvalue weighted by atomic mass is 32.1. The Labute approximate surface area is 155 Å². The van der Waals surface area contributed by atoms with Crippen LogP contribution in [0.4, 0.5) is 5.69 Å². The molecule has 0 bridgehead atoms. The number of thiophene rings is 1. The van der Waals surface area contributed by atoms with Crippen molar-refractivity contribution in [2.24, 2.45) is 0 Å². The molecule has 0 saturated heterocycles. The Morgan fingerprint density at radius 1 is 1.23 bits per heavy atom. The van der Waals surface area contributed by atoms with Gasteiger partial charge in [-0.05, 0) is 50.3 Å². The number of amides is 1. The minimum atomic E-state index is -0.0814. The Bertz CT molecular complexity index is 1020. The van der Waals surface area contributed by atoms with Crippen LogP contribution in [0.5, 0.6) is 0 Å². The summed E-state index contributed by atoms with van der Waals surface area (Å²) in [5.74, 6) is 0.502. The molecule has 1 aliphatic rings. The predicted octanol–water partition coefficient (Wildman–Crippen LogP) is 3.74. The van der Waals surface area contributed by atoms with Gasteiger partial charge in [-0.3, -0.25) is 9.59 Å². The standard InChI is InChI=1S/C20H21N3O2S/c1-12-6-8-13(9-7-12)21-17(24)11-10-16-22-19(25)18-14-4-2-3-5-15(14)26-20(18)23-16/h6-9H,2-5,10-11H2,1H3,(H,21,24)(H,22,23,25). The van der Waals surface area contributed by atoms with E-state index in [2.05, 4.69) is 15.3 Å². The van der Waals surface area contributed by atoms with Crippen molar-refractivity contribution in [1.82, 2.24) is 9.97 Å². The van der Waals surface area contributed by atoms with Gasteiger partial charge in [0.1, 0.15) is 10.7 Å². The molecule has 1 amide bonds. The molecule has 3 aromatic rings. The van der Waals surface area contributed by atoms with Gasteiger partial charge in [0.25, 0.3) is 5.56 Å². The zero-order chi connectivity index (χ0) is 18.1. The van der Waals surface area contributed by atoms with Crippen molar-refractivity contribution in [3.05, 3.63) is 56.4 Å². The van der Waals surface area contributed by atoms with E-state index in [0.717, 1.165) is 40.7 Å². The van der Waals surface area contributed by atoms with Gasteiger partial charge in [-0.15, -0.1) is 11.3 Å². The summed E-state index contributed by atoms with van der Waals surface area (Å²) < 4.78 is 0. The maximum absolute atomic E-state index is 12.5. The fourth-order valence-electron chi connectivity index (χ4n) is 3.42. The second kappa shape index (κ2) is 7.03. The molecule has 1 aliphatic carbocycles. The number of hydrogen-bond acceptors (Lipinski definition) is 4. The first-order valence-electron chi connectivity index (χ1n) is 9.00. The number of aromatic amines is 1. The van der Waals surface area contributed by atoms with Gasteiger partial charge in [-0.25, -0.2) is 4.98 Å². The van der Waals surface area contributed by atoms with Gasteiger partial charge in [-0.2, -0.15) is 0 Å². The molecular formula is C20H21N3O2S. The molecule has 0 saturated carbocycles. The van der Waals surface area contributed by atoms with E-state index < -0.39 is 0 Å². The van der Waals surface area contributed by atoms with Crippen molar-refractivity contribution in [3.8, 4) is 0 Å². The highest BCUT2D eigenvalue weighted by molar-refractivity contribution is 7.18. The van der Waals surface area contributed by atoms with Crippen LogP contribution in [-0.2, 0) is 24.1 Å². The molecule has 0 radical (unpaired) electrons. The molecule has 0 unspecified atom stereocenters. The number of carbonyl (C=O) groups excluding carboxylic acids is 1. The lowest BCUT2D eigenvalue weighted by Crippen LogP contribution is -2.16. The molecule has 0 atom stereocenters. The normalized spacial score (nSPS) is 13.6. The molecule has 2 aromatic heterocycles. The number of fused-ring (bicyclic) bond motifs is 3. The van der Waals surface area contributed by atoms with E-state index in [0.29, 0.717) is 12.2 Å². The molecule has 2 N–H and O–H groups in total. The second-order valence-corrected chi connectivity index (χ2v) is 7.90. The largest absolute Gasteiger partial charge is 0.326 e. The summed E-state index contributed by atoms with van der Waals surface area (Å²) in [5, 5.41) is 3.64. The average Bonchev–Trinajstić information content (AvgIpc) is 3.01. The van der Waals surface area contributed by atoms with E-state index in [-0.39, 0.29) is 17.9 Å². The molecule has 26 heavy (non-hydrogen) atoms.